The Labute approximate surface area is 227 Å². The molecule has 0 aliphatic heterocycles. The second-order valence-corrected chi connectivity index (χ2v) is 11.2. The van der Waals surface area contributed by atoms with Gasteiger partial charge in [-0.2, -0.15) is 0 Å². The van der Waals surface area contributed by atoms with E-state index in [4.69, 9.17) is 4.98 Å². The van der Waals surface area contributed by atoms with Gasteiger partial charge in [-0.25, -0.2) is 4.98 Å². The maximum atomic E-state index is 5.27. The van der Waals surface area contributed by atoms with Crippen LogP contribution < -0.4 is 5.32 Å². The highest BCUT2D eigenvalue weighted by Crippen LogP contribution is 2.38. The van der Waals surface area contributed by atoms with Crippen LogP contribution in [-0.4, -0.2) is 9.97 Å². The predicted octanol–water partition coefficient (Wildman–Crippen LogP) is 9.80. The summed E-state index contributed by atoms with van der Waals surface area (Å²) in [7, 11) is 0. The highest BCUT2D eigenvalue weighted by atomic mass is 15.0. The largest absolute Gasteiger partial charge is 0.372 e. The fraction of sp³-hybridized carbons (Fsp3) is 0.286. The van der Waals surface area contributed by atoms with Crippen molar-refractivity contribution in [2.24, 2.45) is 0 Å². The molecular formula is C35H39N3. The van der Waals surface area contributed by atoms with Gasteiger partial charge in [0.2, 0.25) is 0 Å². The predicted molar refractivity (Wildman–Crippen MR) is 162 cm³/mol. The Morgan fingerprint density at radius 2 is 1.18 bits per heavy atom. The first kappa shape index (κ1) is 25.8. The van der Waals surface area contributed by atoms with E-state index in [1.54, 1.807) is 0 Å². The molecule has 5 aromatic rings. The van der Waals surface area contributed by atoms with Crippen LogP contribution in [0.1, 0.15) is 93.3 Å². The number of pyridine rings is 1. The van der Waals surface area contributed by atoms with Crippen LogP contribution in [0.25, 0.3) is 22.3 Å². The van der Waals surface area contributed by atoms with Crippen LogP contribution in [0.2, 0.25) is 0 Å². The van der Waals surface area contributed by atoms with Gasteiger partial charge in [0, 0.05) is 16.6 Å². The highest BCUT2D eigenvalue weighted by molar-refractivity contribution is 5.85. The Bertz CT molecular complexity index is 1480. The number of anilines is 1. The van der Waals surface area contributed by atoms with Crippen molar-refractivity contribution in [1.82, 2.24) is 9.97 Å². The number of nitrogens with one attached hydrogen (secondary N) is 2. The molecule has 0 aliphatic carbocycles. The summed E-state index contributed by atoms with van der Waals surface area (Å²) < 4.78 is 0. The fourth-order valence-corrected chi connectivity index (χ4v) is 5.45. The molecule has 0 amide bonds. The molecule has 1 unspecified atom stereocenters. The molecule has 0 fully saturated rings. The number of fused-ring (bicyclic) bond motifs is 1. The number of aromatic amines is 1. The minimum absolute atomic E-state index is 0.0877. The standard InChI is InChI=1S/C35H39N3/c1-22(2)26-14-8-9-15-29(26)35(38-34-27(23(3)4)16-11-17-28(34)24(5)6)32-20-12-19-31(37-32)33-21-25-13-7-10-18-30(25)36-33/h7-24,35-36,38H,1-6H3. The van der Waals surface area contributed by atoms with Crippen molar-refractivity contribution < 1.29 is 0 Å². The molecule has 0 radical (unpaired) electrons. The molecule has 0 saturated carbocycles. The topological polar surface area (TPSA) is 40.7 Å². The molecule has 0 bridgehead atoms. The third-order valence-corrected chi connectivity index (χ3v) is 7.46. The van der Waals surface area contributed by atoms with Crippen molar-refractivity contribution in [3.63, 3.8) is 0 Å². The van der Waals surface area contributed by atoms with E-state index in [1.165, 1.54) is 33.3 Å². The van der Waals surface area contributed by atoms with E-state index in [1.807, 2.05) is 0 Å². The molecule has 3 nitrogen and oxygen atoms in total. The molecule has 2 heterocycles. The van der Waals surface area contributed by atoms with Gasteiger partial charge in [-0.05, 0) is 64.3 Å². The van der Waals surface area contributed by atoms with Gasteiger partial charge in [-0.1, -0.05) is 108 Å². The second kappa shape index (κ2) is 10.9. The number of rotatable bonds is 8. The molecule has 5 rings (SSSR count). The van der Waals surface area contributed by atoms with Crippen molar-refractivity contribution in [1.29, 1.82) is 0 Å². The first-order valence-electron chi connectivity index (χ1n) is 13.9. The Hall–Kier alpha value is -3.85. The van der Waals surface area contributed by atoms with Crippen LogP contribution in [0.3, 0.4) is 0 Å². The molecule has 2 N–H and O–H groups in total. The van der Waals surface area contributed by atoms with E-state index in [9.17, 15) is 0 Å². The summed E-state index contributed by atoms with van der Waals surface area (Å²) in [5.41, 5.74) is 10.7. The van der Waals surface area contributed by atoms with E-state index < -0.39 is 0 Å². The molecule has 1 atom stereocenters. The minimum atomic E-state index is -0.0877. The molecule has 0 aliphatic rings. The summed E-state index contributed by atoms with van der Waals surface area (Å²) in [6.07, 6.45) is 0. The van der Waals surface area contributed by atoms with Crippen LogP contribution in [0.5, 0.6) is 0 Å². The monoisotopic (exact) mass is 501 g/mol. The lowest BCUT2D eigenvalue weighted by Gasteiger charge is -2.28. The third kappa shape index (κ3) is 5.11. The van der Waals surface area contributed by atoms with Gasteiger partial charge in [-0.15, -0.1) is 0 Å². The number of H-pyrrole nitrogens is 1. The normalized spacial score (nSPS) is 12.6. The Kier molecular flexibility index (Phi) is 7.37. The summed E-state index contributed by atoms with van der Waals surface area (Å²) in [5.74, 6) is 1.21. The quantitative estimate of drug-likeness (QED) is 0.222. The van der Waals surface area contributed by atoms with Crippen LogP contribution in [0.4, 0.5) is 5.69 Å². The fourth-order valence-electron chi connectivity index (χ4n) is 5.45. The van der Waals surface area contributed by atoms with E-state index >= 15 is 0 Å². The molecule has 2 aromatic heterocycles. The van der Waals surface area contributed by atoms with Crippen molar-refractivity contribution in [2.45, 2.75) is 65.3 Å². The second-order valence-electron chi connectivity index (χ2n) is 11.2. The first-order chi connectivity index (χ1) is 18.3. The SMILES string of the molecule is CC(C)c1ccccc1C(Nc1c(C(C)C)cccc1C(C)C)c1cccc(-c2cc3ccccc3[nH]2)n1. The van der Waals surface area contributed by atoms with E-state index in [-0.39, 0.29) is 6.04 Å². The maximum Gasteiger partial charge on any atom is 0.0943 e. The highest BCUT2D eigenvalue weighted by Gasteiger charge is 2.24. The molecule has 0 saturated heterocycles. The smallest absolute Gasteiger partial charge is 0.0943 e. The average Bonchev–Trinajstić information content (AvgIpc) is 3.36. The molecule has 0 spiro atoms. The number of hydrogen-bond acceptors (Lipinski definition) is 2. The van der Waals surface area contributed by atoms with Gasteiger partial charge in [0.05, 0.1) is 23.1 Å². The lowest BCUT2D eigenvalue weighted by atomic mass is 9.88. The summed E-state index contributed by atoms with van der Waals surface area (Å²) in [6.45, 7) is 13.6. The Balaban J connectivity index is 1.68. The van der Waals surface area contributed by atoms with Crippen LogP contribution >= 0.6 is 0 Å². The van der Waals surface area contributed by atoms with E-state index in [0.29, 0.717) is 17.8 Å². The Morgan fingerprint density at radius 1 is 0.605 bits per heavy atom. The molecule has 194 valence electrons. The third-order valence-electron chi connectivity index (χ3n) is 7.46. The van der Waals surface area contributed by atoms with E-state index in [0.717, 1.165) is 22.6 Å². The number of benzene rings is 3. The van der Waals surface area contributed by atoms with Crippen molar-refractivity contribution >= 4 is 16.6 Å². The molecule has 38 heavy (non-hydrogen) atoms. The first-order valence-corrected chi connectivity index (χ1v) is 13.9. The van der Waals surface area contributed by atoms with Gasteiger partial charge >= 0.3 is 0 Å². The zero-order valence-corrected chi connectivity index (χ0v) is 23.4. The molecule has 3 aromatic carbocycles. The van der Waals surface area contributed by atoms with Crippen molar-refractivity contribution in [3.8, 4) is 11.4 Å². The number of nitrogens with zero attached hydrogens (tertiary/aromatic N) is 1. The van der Waals surface area contributed by atoms with Gasteiger partial charge in [-0.3, -0.25) is 0 Å². The minimum Gasteiger partial charge on any atom is -0.372 e. The summed E-state index contributed by atoms with van der Waals surface area (Å²) in [5, 5.41) is 5.24. The molecule has 3 heteroatoms. The van der Waals surface area contributed by atoms with Gasteiger partial charge < -0.3 is 10.3 Å². The zero-order valence-electron chi connectivity index (χ0n) is 23.4. The van der Waals surface area contributed by atoms with E-state index in [2.05, 4.69) is 143 Å². The lowest BCUT2D eigenvalue weighted by molar-refractivity contribution is 0.788. The van der Waals surface area contributed by atoms with Gasteiger partial charge in [0.1, 0.15) is 0 Å². The maximum absolute atomic E-state index is 5.27. The molecular weight excluding hydrogens is 462 g/mol. The summed E-state index contributed by atoms with van der Waals surface area (Å²) in [4.78, 5) is 8.83. The average molecular weight is 502 g/mol. The number of hydrogen-bond donors (Lipinski definition) is 2. The lowest BCUT2D eigenvalue weighted by Crippen LogP contribution is -2.19. The summed E-state index contributed by atoms with van der Waals surface area (Å²) >= 11 is 0. The van der Waals surface area contributed by atoms with Crippen LogP contribution in [-0.2, 0) is 0 Å². The van der Waals surface area contributed by atoms with Crippen molar-refractivity contribution in [3.05, 3.63) is 119 Å². The number of para-hydroxylation sites is 2. The van der Waals surface area contributed by atoms with Crippen LogP contribution in [0, 0.1) is 0 Å². The van der Waals surface area contributed by atoms with Gasteiger partial charge in [0.25, 0.3) is 0 Å². The summed E-state index contributed by atoms with van der Waals surface area (Å²) in [6, 6.07) is 32.4. The van der Waals surface area contributed by atoms with Crippen molar-refractivity contribution in [2.75, 3.05) is 5.32 Å². The zero-order chi connectivity index (χ0) is 26.8. The Morgan fingerprint density at radius 3 is 1.84 bits per heavy atom. The number of aromatic nitrogens is 2. The van der Waals surface area contributed by atoms with Gasteiger partial charge in [0.15, 0.2) is 0 Å². The van der Waals surface area contributed by atoms with Crippen LogP contribution in [0.15, 0.2) is 91.0 Å².